The molecule has 2 N–H and O–H groups in total. The second-order valence-electron chi connectivity index (χ2n) is 11.2. The Hall–Kier alpha value is -1.19. The molecule has 5 heteroatoms. The molecule has 0 aromatic heterocycles. The summed E-state index contributed by atoms with van der Waals surface area (Å²) in [7, 11) is 0. The Bertz CT molecular complexity index is 506. The minimum Gasteiger partial charge on any atom is -0.289 e. The van der Waals surface area contributed by atoms with Gasteiger partial charge in [0.15, 0.2) is 0 Å². The fraction of sp³-hybridized carbons (Fsp3) is 0.938. The summed E-state index contributed by atoms with van der Waals surface area (Å²) < 4.78 is 0. The van der Waals surface area contributed by atoms with Crippen LogP contribution in [0.5, 0.6) is 0 Å². The number of unbranched alkanes of at least 4 members (excludes halogenated alkanes) is 27. The lowest BCUT2D eigenvalue weighted by Gasteiger charge is -2.04. The second-order valence-corrected chi connectivity index (χ2v) is 11.2. The first-order valence-corrected chi connectivity index (χ1v) is 16.3. The highest BCUT2D eigenvalue weighted by Crippen LogP contribution is 2.16. The second kappa shape index (κ2) is 32.8. The summed E-state index contributed by atoms with van der Waals surface area (Å²) in [5.41, 5.74) is 1.69. The standard InChI is InChI=1S/C32H62N2O3/c35-31-33-30-28-26-24-22-20-18-16-14-12-10-8-6-4-2-1-3-5-7-9-11-13-15-17-19-21-23-25-27-29-32(36)34-37/h37H,1-30H2,(H,34,36). The quantitative estimate of drug-likeness (QED) is 0.0312. The molecule has 0 aliphatic carbocycles. The highest BCUT2D eigenvalue weighted by atomic mass is 16.5. The lowest BCUT2D eigenvalue weighted by Crippen LogP contribution is -2.17. The van der Waals surface area contributed by atoms with Crippen molar-refractivity contribution in [3.8, 4) is 0 Å². The number of hydrogen-bond acceptors (Lipinski definition) is 4. The van der Waals surface area contributed by atoms with Crippen LogP contribution in [0.2, 0.25) is 0 Å². The lowest BCUT2D eigenvalue weighted by atomic mass is 10.0. The number of hydrogen-bond donors (Lipinski definition) is 2. The Kier molecular flexibility index (Phi) is 31.8. The van der Waals surface area contributed by atoms with Crippen LogP contribution in [0, 0.1) is 0 Å². The van der Waals surface area contributed by atoms with Crippen LogP contribution in [0.25, 0.3) is 0 Å². The molecule has 0 fully saturated rings. The SMILES string of the molecule is O=C=NCCCCCCCCCCCCCCCCCCCCCCCCCCCCCCC(=O)NO. The van der Waals surface area contributed by atoms with Crippen LogP contribution >= 0.6 is 0 Å². The van der Waals surface area contributed by atoms with Gasteiger partial charge in [0.05, 0.1) is 6.54 Å². The summed E-state index contributed by atoms with van der Waals surface area (Å²) >= 11 is 0. The van der Waals surface area contributed by atoms with Gasteiger partial charge in [-0.15, -0.1) is 0 Å². The third-order valence-electron chi connectivity index (χ3n) is 7.61. The van der Waals surface area contributed by atoms with Crippen LogP contribution in [0.1, 0.15) is 186 Å². The first-order valence-electron chi connectivity index (χ1n) is 16.3. The highest BCUT2D eigenvalue weighted by Gasteiger charge is 1.99. The van der Waals surface area contributed by atoms with Gasteiger partial charge in [-0.2, -0.15) is 0 Å². The van der Waals surface area contributed by atoms with Crippen molar-refractivity contribution in [2.75, 3.05) is 6.54 Å². The molecule has 218 valence electrons. The molecular formula is C32H62N2O3. The van der Waals surface area contributed by atoms with Gasteiger partial charge >= 0.3 is 0 Å². The smallest absolute Gasteiger partial charge is 0.243 e. The molecule has 0 aliphatic rings. The van der Waals surface area contributed by atoms with Gasteiger partial charge in [-0.25, -0.2) is 15.3 Å². The van der Waals surface area contributed by atoms with E-state index in [1.807, 2.05) is 0 Å². The average Bonchev–Trinajstić information content (AvgIpc) is 2.91. The lowest BCUT2D eigenvalue weighted by molar-refractivity contribution is -0.129. The van der Waals surface area contributed by atoms with Gasteiger partial charge in [-0.1, -0.05) is 167 Å². The Balaban J connectivity index is 3.04. The molecule has 0 bridgehead atoms. The van der Waals surface area contributed by atoms with Crippen molar-refractivity contribution in [3.63, 3.8) is 0 Å². The fourth-order valence-electron chi connectivity index (χ4n) is 5.17. The molecular weight excluding hydrogens is 460 g/mol. The summed E-state index contributed by atoms with van der Waals surface area (Å²) in [6, 6.07) is 0. The zero-order valence-corrected chi connectivity index (χ0v) is 24.4. The Labute approximate surface area is 230 Å². The third-order valence-corrected chi connectivity index (χ3v) is 7.61. The summed E-state index contributed by atoms with van der Waals surface area (Å²) in [6.45, 7) is 0.659. The van der Waals surface area contributed by atoms with Crippen molar-refractivity contribution < 1.29 is 14.8 Å². The maximum Gasteiger partial charge on any atom is 0.243 e. The predicted molar refractivity (Wildman–Crippen MR) is 157 cm³/mol. The van der Waals surface area contributed by atoms with Gasteiger partial charge in [0.2, 0.25) is 12.0 Å². The molecule has 0 saturated heterocycles. The molecule has 0 spiro atoms. The van der Waals surface area contributed by atoms with Gasteiger partial charge < -0.3 is 0 Å². The number of rotatable bonds is 31. The number of nitrogens with one attached hydrogen (secondary N) is 1. The van der Waals surface area contributed by atoms with Crippen molar-refractivity contribution >= 4 is 12.0 Å². The monoisotopic (exact) mass is 522 g/mol. The number of amides is 1. The van der Waals surface area contributed by atoms with Crippen molar-refractivity contribution in [2.45, 2.75) is 186 Å². The highest BCUT2D eigenvalue weighted by molar-refractivity contribution is 5.74. The van der Waals surface area contributed by atoms with E-state index in [4.69, 9.17) is 5.21 Å². The predicted octanol–water partition coefficient (Wildman–Crippen LogP) is 10.1. The largest absolute Gasteiger partial charge is 0.289 e. The van der Waals surface area contributed by atoms with Crippen LogP contribution in [0.15, 0.2) is 4.99 Å². The number of hydroxylamine groups is 1. The molecule has 0 radical (unpaired) electrons. The van der Waals surface area contributed by atoms with E-state index in [1.54, 1.807) is 11.6 Å². The number of isocyanates is 1. The summed E-state index contributed by atoms with van der Waals surface area (Å²) in [5.74, 6) is -0.261. The first-order chi connectivity index (χ1) is 18.3. The zero-order chi connectivity index (χ0) is 26.9. The normalized spacial score (nSPS) is 10.9. The molecule has 0 saturated carbocycles. The topological polar surface area (TPSA) is 78.8 Å². The molecule has 0 aliphatic heterocycles. The minimum absolute atomic E-state index is 0.261. The fourth-order valence-corrected chi connectivity index (χ4v) is 5.17. The van der Waals surface area contributed by atoms with E-state index in [0.717, 1.165) is 19.3 Å². The summed E-state index contributed by atoms with van der Waals surface area (Å²) in [5, 5.41) is 8.44. The van der Waals surface area contributed by atoms with E-state index in [0.29, 0.717) is 13.0 Å². The van der Waals surface area contributed by atoms with E-state index in [1.165, 1.54) is 161 Å². The van der Waals surface area contributed by atoms with Crippen molar-refractivity contribution in [1.29, 1.82) is 0 Å². The molecule has 0 aromatic rings. The van der Waals surface area contributed by atoms with Gasteiger partial charge in [0, 0.05) is 6.42 Å². The van der Waals surface area contributed by atoms with Gasteiger partial charge in [0.25, 0.3) is 0 Å². The van der Waals surface area contributed by atoms with E-state index in [9.17, 15) is 9.59 Å². The summed E-state index contributed by atoms with van der Waals surface area (Å²) in [4.78, 5) is 24.5. The Morgan fingerprint density at radius 3 is 0.946 bits per heavy atom. The van der Waals surface area contributed by atoms with Crippen molar-refractivity contribution in [1.82, 2.24) is 5.48 Å². The van der Waals surface area contributed by atoms with Crippen LogP contribution < -0.4 is 5.48 Å². The molecule has 1 amide bonds. The number of carbonyl (C=O) groups is 1. The molecule has 37 heavy (non-hydrogen) atoms. The first kappa shape index (κ1) is 35.8. The average molecular weight is 523 g/mol. The number of nitrogens with zero attached hydrogens (tertiary/aromatic N) is 1. The molecule has 5 nitrogen and oxygen atoms in total. The van der Waals surface area contributed by atoms with Gasteiger partial charge in [0.1, 0.15) is 0 Å². The molecule has 0 atom stereocenters. The zero-order valence-electron chi connectivity index (χ0n) is 24.4. The van der Waals surface area contributed by atoms with Crippen LogP contribution in [-0.2, 0) is 9.59 Å². The van der Waals surface area contributed by atoms with Crippen LogP contribution in [0.4, 0.5) is 0 Å². The van der Waals surface area contributed by atoms with E-state index in [2.05, 4.69) is 4.99 Å². The van der Waals surface area contributed by atoms with Gasteiger partial charge in [-0.05, 0) is 12.8 Å². The Morgan fingerprint density at radius 1 is 0.459 bits per heavy atom. The molecule has 0 heterocycles. The maximum absolute atomic E-state index is 10.9. The molecule has 0 rings (SSSR count). The van der Waals surface area contributed by atoms with Crippen molar-refractivity contribution in [3.05, 3.63) is 0 Å². The molecule has 0 unspecified atom stereocenters. The van der Waals surface area contributed by atoms with E-state index < -0.39 is 0 Å². The van der Waals surface area contributed by atoms with Crippen LogP contribution in [0.3, 0.4) is 0 Å². The minimum atomic E-state index is -0.261. The maximum atomic E-state index is 10.9. The Morgan fingerprint density at radius 2 is 0.703 bits per heavy atom. The third kappa shape index (κ3) is 32.8. The van der Waals surface area contributed by atoms with Crippen molar-refractivity contribution in [2.24, 2.45) is 4.99 Å². The van der Waals surface area contributed by atoms with E-state index in [-0.39, 0.29) is 5.91 Å². The number of carbonyl (C=O) groups excluding carboxylic acids is 2. The van der Waals surface area contributed by atoms with Crippen LogP contribution in [-0.4, -0.2) is 23.7 Å². The van der Waals surface area contributed by atoms with E-state index >= 15 is 0 Å². The summed E-state index contributed by atoms with van der Waals surface area (Å²) in [6.07, 6.45) is 39.7. The van der Waals surface area contributed by atoms with Gasteiger partial charge in [-0.3, -0.25) is 10.0 Å². The molecule has 0 aromatic carbocycles. The number of aliphatic imine (C=N–C) groups is 1.